The molecule has 0 amide bonds. The molecule has 3 aromatic rings. The van der Waals surface area contributed by atoms with E-state index in [0.29, 0.717) is 16.0 Å². The topological polar surface area (TPSA) is 54.0 Å². The minimum absolute atomic E-state index is 0.508. The molecule has 30 heavy (non-hydrogen) atoms. The minimum Gasteiger partial charge on any atom is -0.369 e. The van der Waals surface area contributed by atoms with Crippen molar-refractivity contribution in [1.29, 1.82) is 0 Å². The Hall–Kier alpha value is -2.82. The molecule has 5 rings (SSSR count). The molecular formula is C24H20Cl2N4. The third kappa shape index (κ3) is 3.08. The predicted octanol–water partition coefficient (Wildman–Crippen LogP) is 5.34. The number of hydrogen-bond acceptors (Lipinski definition) is 4. The Kier molecular flexibility index (Phi) is 4.76. The lowest BCUT2D eigenvalue weighted by molar-refractivity contribution is 0.531. The largest absolute Gasteiger partial charge is 0.369 e. The number of hydrogen-bond donors (Lipinski definition) is 1. The van der Waals surface area contributed by atoms with Gasteiger partial charge in [0.05, 0.1) is 0 Å². The Morgan fingerprint density at radius 3 is 2.33 bits per heavy atom. The van der Waals surface area contributed by atoms with Gasteiger partial charge in [0.1, 0.15) is 5.84 Å². The van der Waals surface area contributed by atoms with E-state index >= 15 is 0 Å². The maximum Gasteiger partial charge on any atom is 0.198 e. The number of benzene rings is 3. The Bertz CT molecular complexity index is 1150. The van der Waals surface area contributed by atoms with Crippen molar-refractivity contribution in [1.82, 2.24) is 4.90 Å². The summed E-state index contributed by atoms with van der Waals surface area (Å²) in [6, 6.07) is 24.1. The number of amidine groups is 1. The molecule has 3 aromatic carbocycles. The molecule has 2 heterocycles. The van der Waals surface area contributed by atoms with Gasteiger partial charge in [0.2, 0.25) is 0 Å². The third-order valence-corrected chi connectivity index (χ3v) is 6.04. The number of guanidine groups is 1. The third-order valence-electron chi connectivity index (χ3n) is 5.61. The van der Waals surface area contributed by atoms with Gasteiger partial charge >= 0.3 is 0 Å². The summed E-state index contributed by atoms with van der Waals surface area (Å²) >= 11 is 12.5. The van der Waals surface area contributed by atoms with Crippen LogP contribution < -0.4 is 5.73 Å². The van der Waals surface area contributed by atoms with E-state index in [-0.39, 0.29) is 0 Å². The zero-order chi connectivity index (χ0) is 20.7. The number of halogens is 2. The van der Waals surface area contributed by atoms with E-state index in [1.54, 1.807) is 6.07 Å². The molecule has 0 aromatic heterocycles. The SMILES string of the molecule is NC1=NC(c2ccccc2)(c2cccc(-c3cc(Cl)cc(Cl)c3)c2)C2=NCCCN12. The van der Waals surface area contributed by atoms with Gasteiger partial charge in [0.25, 0.3) is 0 Å². The Morgan fingerprint density at radius 2 is 1.57 bits per heavy atom. The maximum absolute atomic E-state index is 6.39. The maximum atomic E-state index is 6.39. The Balaban J connectivity index is 1.74. The second-order valence-corrected chi connectivity index (χ2v) is 8.37. The molecule has 0 saturated carbocycles. The van der Waals surface area contributed by atoms with Crippen LogP contribution in [0.4, 0.5) is 0 Å². The number of fused-ring (bicyclic) bond motifs is 1. The summed E-state index contributed by atoms with van der Waals surface area (Å²) in [6.45, 7) is 1.60. The standard InChI is InChI=1S/C24H20Cl2N4/c25-20-13-17(14-21(26)15-20)16-6-4-9-19(12-16)24(18-7-2-1-3-8-18)22-28-10-5-11-30(22)23(27)29-24/h1-4,6-9,12-15H,5,10-11H2,(H2,27,29). The zero-order valence-corrected chi connectivity index (χ0v) is 17.7. The molecule has 2 aliphatic heterocycles. The van der Waals surface area contributed by atoms with Crippen LogP contribution in [0, 0.1) is 0 Å². The molecule has 0 radical (unpaired) electrons. The van der Waals surface area contributed by atoms with Crippen molar-refractivity contribution in [3.8, 4) is 11.1 Å². The van der Waals surface area contributed by atoms with Crippen LogP contribution in [0.1, 0.15) is 17.5 Å². The highest BCUT2D eigenvalue weighted by molar-refractivity contribution is 6.35. The molecule has 2 aliphatic rings. The van der Waals surface area contributed by atoms with Gasteiger partial charge in [-0.05, 0) is 52.9 Å². The second kappa shape index (κ2) is 7.46. The molecule has 0 fully saturated rings. The van der Waals surface area contributed by atoms with Crippen LogP contribution in [0.2, 0.25) is 10.0 Å². The summed E-state index contributed by atoms with van der Waals surface area (Å²) in [5.41, 5.74) is 9.63. The molecule has 0 aliphatic carbocycles. The molecule has 6 heteroatoms. The van der Waals surface area contributed by atoms with Crippen LogP contribution in [0.15, 0.2) is 82.8 Å². The van der Waals surface area contributed by atoms with Gasteiger partial charge < -0.3 is 5.73 Å². The van der Waals surface area contributed by atoms with Crippen LogP contribution in [0.25, 0.3) is 11.1 Å². The average molecular weight is 435 g/mol. The molecule has 2 N–H and O–H groups in total. The first-order chi connectivity index (χ1) is 14.6. The molecule has 1 unspecified atom stereocenters. The summed E-state index contributed by atoms with van der Waals surface area (Å²) in [6.07, 6.45) is 0.964. The summed E-state index contributed by atoms with van der Waals surface area (Å²) < 4.78 is 0. The van der Waals surface area contributed by atoms with E-state index in [0.717, 1.165) is 47.6 Å². The van der Waals surface area contributed by atoms with Gasteiger partial charge in [-0.2, -0.15) is 0 Å². The zero-order valence-electron chi connectivity index (χ0n) is 16.2. The fraction of sp³-hybridized carbons (Fsp3) is 0.167. The van der Waals surface area contributed by atoms with Gasteiger partial charge in [-0.1, -0.05) is 71.7 Å². The number of aliphatic imine (C=N–C) groups is 2. The average Bonchev–Trinajstić information content (AvgIpc) is 3.08. The highest BCUT2D eigenvalue weighted by Crippen LogP contribution is 2.42. The highest BCUT2D eigenvalue weighted by atomic mass is 35.5. The van der Waals surface area contributed by atoms with Gasteiger partial charge in [0.15, 0.2) is 11.5 Å². The van der Waals surface area contributed by atoms with E-state index in [1.807, 2.05) is 47.4 Å². The number of rotatable bonds is 3. The number of nitrogens with zero attached hydrogens (tertiary/aromatic N) is 3. The first-order valence-corrected chi connectivity index (χ1v) is 10.6. The number of nitrogens with two attached hydrogens (primary N) is 1. The molecule has 150 valence electrons. The molecule has 0 bridgehead atoms. The molecule has 4 nitrogen and oxygen atoms in total. The van der Waals surface area contributed by atoms with Gasteiger partial charge in [-0.15, -0.1) is 0 Å². The molecule has 1 atom stereocenters. The second-order valence-electron chi connectivity index (χ2n) is 7.50. The van der Waals surface area contributed by atoms with E-state index in [4.69, 9.17) is 38.9 Å². The van der Waals surface area contributed by atoms with Crippen molar-refractivity contribution in [2.24, 2.45) is 15.7 Å². The van der Waals surface area contributed by atoms with Crippen LogP contribution in [0.3, 0.4) is 0 Å². The molecule has 0 spiro atoms. The van der Waals surface area contributed by atoms with Crippen LogP contribution >= 0.6 is 23.2 Å². The van der Waals surface area contributed by atoms with Crippen molar-refractivity contribution in [3.05, 3.63) is 94.0 Å². The summed E-state index contributed by atoms with van der Waals surface area (Å²) in [5.74, 6) is 1.40. The van der Waals surface area contributed by atoms with Gasteiger partial charge in [0, 0.05) is 23.1 Å². The summed E-state index contributed by atoms with van der Waals surface area (Å²) in [5, 5.41) is 1.21. The fourth-order valence-corrected chi connectivity index (χ4v) is 4.82. The van der Waals surface area contributed by atoms with E-state index in [1.165, 1.54) is 0 Å². The van der Waals surface area contributed by atoms with Crippen molar-refractivity contribution < 1.29 is 0 Å². The van der Waals surface area contributed by atoms with E-state index in [9.17, 15) is 0 Å². The lowest BCUT2D eigenvalue weighted by Crippen LogP contribution is -2.46. The van der Waals surface area contributed by atoms with Gasteiger partial charge in [-0.3, -0.25) is 9.89 Å². The van der Waals surface area contributed by atoms with Crippen molar-refractivity contribution >= 4 is 35.0 Å². The first kappa shape index (κ1) is 19.2. The lowest BCUT2D eigenvalue weighted by Gasteiger charge is -2.33. The monoisotopic (exact) mass is 434 g/mol. The minimum atomic E-state index is -0.774. The first-order valence-electron chi connectivity index (χ1n) is 9.88. The van der Waals surface area contributed by atoms with Crippen molar-refractivity contribution in [2.75, 3.05) is 13.1 Å². The molecular weight excluding hydrogens is 415 g/mol. The summed E-state index contributed by atoms with van der Waals surface area (Å²) in [7, 11) is 0. The van der Waals surface area contributed by atoms with Crippen molar-refractivity contribution in [3.63, 3.8) is 0 Å². The summed E-state index contributed by atoms with van der Waals surface area (Å²) in [4.78, 5) is 11.9. The predicted molar refractivity (Wildman–Crippen MR) is 124 cm³/mol. The van der Waals surface area contributed by atoms with Crippen LogP contribution in [-0.4, -0.2) is 29.8 Å². The lowest BCUT2D eigenvalue weighted by atomic mass is 9.81. The van der Waals surface area contributed by atoms with Crippen molar-refractivity contribution in [2.45, 2.75) is 12.0 Å². The fourth-order valence-electron chi connectivity index (χ4n) is 4.30. The van der Waals surface area contributed by atoms with Crippen LogP contribution in [-0.2, 0) is 5.54 Å². The normalized spacial score (nSPS) is 20.5. The Labute approximate surface area is 185 Å². The van der Waals surface area contributed by atoms with Crippen LogP contribution in [0.5, 0.6) is 0 Å². The Morgan fingerprint density at radius 1 is 0.833 bits per heavy atom. The van der Waals surface area contributed by atoms with E-state index in [2.05, 4.69) is 24.3 Å². The van der Waals surface area contributed by atoms with E-state index < -0.39 is 5.54 Å². The quantitative estimate of drug-likeness (QED) is 0.604. The molecule has 0 saturated heterocycles. The van der Waals surface area contributed by atoms with Gasteiger partial charge in [-0.25, -0.2) is 4.99 Å². The highest BCUT2D eigenvalue weighted by Gasteiger charge is 2.49. The smallest absolute Gasteiger partial charge is 0.198 e.